The Bertz CT molecular complexity index is 801. The summed E-state index contributed by atoms with van der Waals surface area (Å²) in [6.07, 6.45) is 0. The summed E-state index contributed by atoms with van der Waals surface area (Å²) in [6, 6.07) is 16.8. The molecule has 0 saturated heterocycles. The predicted octanol–water partition coefficient (Wildman–Crippen LogP) is 5.34. The van der Waals surface area contributed by atoms with E-state index in [0.29, 0.717) is 0 Å². The summed E-state index contributed by atoms with van der Waals surface area (Å²) in [5.74, 6) is 0.272. The molecule has 6 nitrogen and oxygen atoms in total. The number of nitrogens with zero attached hydrogens (tertiary/aromatic N) is 5. The minimum absolute atomic E-state index is 0.0285. The molecule has 114 valence electrons. The van der Waals surface area contributed by atoms with Gasteiger partial charge in [0.15, 0.2) is 0 Å². The van der Waals surface area contributed by atoms with Crippen LogP contribution in [-0.2, 0) is 0 Å². The highest BCUT2D eigenvalue weighted by Gasteiger charge is 2.03. The van der Waals surface area contributed by atoms with Crippen LogP contribution in [0.1, 0.15) is 0 Å². The monoisotopic (exact) mass is 344 g/mol. The molecule has 1 N–H and O–H groups in total. The van der Waals surface area contributed by atoms with Crippen molar-refractivity contribution in [1.29, 1.82) is 0 Å². The van der Waals surface area contributed by atoms with E-state index in [0.717, 1.165) is 17.1 Å². The summed E-state index contributed by atoms with van der Waals surface area (Å²) >= 11 is 11.5. The predicted molar refractivity (Wildman–Crippen MR) is 90.2 cm³/mol. The van der Waals surface area contributed by atoms with E-state index in [4.69, 9.17) is 23.2 Å². The van der Waals surface area contributed by atoms with E-state index in [1.807, 2.05) is 54.6 Å². The molecule has 23 heavy (non-hydrogen) atoms. The van der Waals surface area contributed by atoms with Gasteiger partial charge in [-0.1, -0.05) is 18.2 Å². The summed E-state index contributed by atoms with van der Waals surface area (Å²) in [5, 5.41) is 11.4. The second kappa shape index (κ2) is 7.13. The molecule has 1 heterocycles. The third-order valence-corrected chi connectivity index (χ3v) is 3.08. The van der Waals surface area contributed by atoms with E-state index < -0.39 is 0 Å². The van der Waals surface area contributed by atoms with Crippen molar-refractivity contribution in [3.63, 3.8) is 0 Å². The highest BCUT2D eigenvalue weighted by Crippen LogP contribution is 2.22. The second-order valence-corrected chi connectivity index (χ2v) is 5.08. The van der Waals surface area contributed by atoms with E-state index in [-0.39, 0.29) is 16.5 Å². The van der Waals surface area contributed by atoms with Crippen molar-refractivity contribution in [3.05, 3.63) is 65.2 Å². The van der Waals surface area contributed by atoms with E-state index in [1.54, 1.807) is 0 Å². The molecule has 0 aliphatic heterocycles. The van der Waals surface area contributed by atoms with Gasteiger partial charge in [0, 0.05) is 5.69 Å². The number of benzene rings is 2. The summed E-state index contributed by atoms with van der Waals surface area (Å²) in [4.78, 5) is 11.6. The number of hydrogen-bond acceptors (Lipinski definition) is 6. The van der Waals surface area contributed by atoms with Gasteiger partial charge in [-0.05, 0) is 59.6 Å². The molecule has 0 fully saturated rings. The summed E-state index contributed by atoms with van der Waals surface area (Å²) in [6.45, 7) is 0. The van der Waals surface area contributed by atoms with Gasteiger partial charge in [0.25, 0.3) is 0 Å². The third kappa shape index (κ3) is 4.45. The number of anilines is 2. The molecule has 0 spiro atoms. The van der Waals surface area contributed by atoms with E-state index in [9.17, 15) is 0 Å². The van der Waals surface area contributed by atoms with Crippen LogP contribution in [-0.4, -0.2) is 15.0 Å². The van der Waals surface area contributed by atoms with E-state index in [1.165, 1.54) is 0 Å². The Hall–Kier alpha value is -2.57. The van der Waals surface area contributed by atoms with Crippen LogP contribution in [0, 0.1) is 0 Å². The topological polar surface area (TPSA) is 75.4 Å². The molecule has 0 atom stereocenters. The SMILES string of the molecule is Clc1nc(Cl)nc(Nc2ccc(N=Nc3ccccc3)cc2)n1. The molecule has 3 rings (SSSR count). The number of aromatic nitrogens is 3. The lowest BCUT2D eigenvalue weighted by molar-refractivity contribution is 1.05. The lowest BCUT2D eigenvalue weighted by atomic mass is 10.3. The van der Waals surface area contributed by atoms with Gasteiger partial charge in [-0.2, -0.15) is 25.2 Å². The largest absolute Gasteiger partial charge is 0.324 e. The maximum Gasteiger partial charge on any atom is 0.232 e. The summed E-state index contributed by atoms with van der Waals surface area (Å²) < 4.78 is 0. The fraction of sp³-hybridized carbons (Fsp3) is 0. The van der Waals surface area contributed by atoms with Crippen molar-refractivity contribution in [2.75, 3.05) is 5.32 Å². The van der Waals surface area contributed by atoms with Crippen LogP contribution in [0.2, 0.25) is 10.6 Å². The maximum absolute atomic E-state index is 5.73. The Kier molecular flexibility index (Phi) is 4.75. The Morgan fingerprint density at radius 1 is 0.696 bits per heavy atom. The summed E-state index contributed by atoms with van der Waals surface area (Å²) in [7, 11) is 0. The van der Waals surface area contributed by atoms with Gasteiger partial charge in [0.2, 0.25) is 16.5 Å². The van der Waals surface area contributed by atoms with Crippen LogP contribution in [0.4, 0.5) is 23.0 Å². The third-order valence-electron chi connectivity index (χ3n) is 2.74. The first-order valence-electron chi connectivity index (χ1n) is 6.60. The van der Waals surface area contributed by atoms with Crippen molar-refractivity contribution in [2.24, 2.45) is 10.2 Å². The standard InChI is InChI=1S/C15H10Cl2N6/c16-13-19-14(17)21-15(20-13)18-10-6-8-12(9-7-10)23-22-11-4-2-1-3-5-11/h1-9H,(H,18,19,20,21). The molecule has 8 heteroatoms. The zero-order valence-corrected chi connectivity index (χ0v) is 13.2. The lowest BCUT2D eigenvalue weighted by Crippen LogP contribution is -1.99. The van der Waals surface area contributed by atoms with Crippen molar-refractivity contribution in [2.45, 2.75) is 0 Å². The van der Waals surface area contributed by atoms with Crippen molar-refractivity contribution in [3.8, 4) is 0 Å². The second-order valence-electron chi connectivity index (χ2n) is 4.40. The first-order chi connectivity index (χ1) is 11.2. The highest BCUT2D eigenvalue weighted by molar-refractivity contribution is 6.31. The lowest BCUT2D eigenvalue weighted by Gasteiger charge is -2.04. The average Bonchev–Trinajstić information content (AvgIpc) is 2.54. The van der Waals surface area contributed by atoms with Crippen LogP contribution in [0.25, 0.3) is 0 Å². The number of halogens is 2. The Morgan fingerprint density at radius 3 is 1.87 bits per heavy atom. The fourth-order valence-corrected chi connectivity index (χ4v) is 2.10. The molecular weight excluding hydrogens is 335 g/mol. The Morgan fingerprint density at radius 2 is 1.26 bits per heavy atom. The highest BCUT2D eigenvalue weighted by atomic mass is 35.5. The molecule has 0 aliphatic carbocycles. The van der Waals surface area contributed by atoms with Gasteiger partial charge in [0.1, 0.15) is 0 Å². The van der Waals surface area contributed by atoms with Crippen LogP contribution in [0.3, 0.4) is 0 Å². The zero-order valence-electron chi connectivity index (χ0n) is 11.7. The van der Waals surface area contributed by atoms with E-state index >= 15 is 0 Å². The number of rotatable bonds is 4. The molecule has 3 aromatic rings. The number of nitrogens with one attached hydrogen (secondary N) is 1. The smallest absolute Gasteiger partial charge is 0.232 e. The average molecular weight is 345 g/mol. The quantitative estimate of drug-likeness (QED) is 0.648. The van der Waals surface area contributed by atoms with Gasteiger partial charge in [-0.3, -0.25) is 0 Å². The summed E-state index contributed by atoms with van der Waals surface area (Å²) in [5.41, 5.74) is 2.29. The molecule has 1 aromatic heterocycles. The van der Waals surface area contributed by atoms with Gasteiger partial charge in [-0.15, -0.1) is 0 Å². The van der Waals surface area contributed by atoms with Crippen molar-refractivity contribution >= 4 is 46.2 Å². The Balaban J connectivity index is 1.71. The van der Waals surface area contributed by atoms with Crippen molar-refractivity contribution < 1.29 is 0 Å². The molecule has 0 aliphatic rings. The van der Waals surface area contributed by atoms with Gasteiger partial charge >= 0.3 is 0 Å². The molecular formula is C15H10Cl2N6. The van der Waals surface area contributed by atoms with Crippen LogP contribution in [0.5, 0.6) is 0 Å². The zero-order chi connectivity index (χ0) is 16.1. The molecule has 0 unspecified atom stereocenters. The minimum Gasteiger partial charge on any atom is -0.324 e. The van der Waals surface area contributed by atoms with E-state index in [2.05, 4.69) is 30.5 Å². The first kappa shape index (κ1) is 15.3. The molecule has 0 bridgehead atoms. The normalized spacial score (nSPS) is 10.9. The maximum atomic E-state index is 5.73. The number of hydrogen-bond donors (Lipinski definition) is 1. The first-order valence-corrected chi connectivity index (χ1v) is 7.35. The van der Waals surface area contributed by atoms with Crippen LogP contribution >= 0.6 is 23.2 Å². The molecule has 0 saturated carbocycles. The van der Waals surface area contributed by atoms with Gasteiger partial charge < -0.3 is 5.32 Å². The minimum atomic E-state index is 0.0285. The molecule has 2 aromatic carbocycles. The van der Waals surface area contributed by atoms with Crippen molar-refractivity contribution in [1.82, 2.24) is 15.0 Å². The van der Waals surface area contributed by atoms with Crippen LogP contribution < -0.4 is 5.32 Å². The van der Waals surface area contributed by atoms with Crippen LogP contribution in [0.15, 0.2) is 64.8 Å². The molecule has 0 radical (unpaired) electrons. The van der Waals surface area contributed by atoms with Gasteiger partial charge in [0.05, 0.1) is 11.4 Å². The number of azo groups is 1. The Labute approximate surface area is 142 Å². The van der Waals surface area contributed by atoms with Gasteiger partial charge in [-0.25, -0.2) is 0 Å². The molecule has 0 amide bonds. The fourth-order valence-electron chi connectivity index (χ4n) is 1.73.